The van der Waals surface area contributed by atoms with Crippen molar-refractivity contribution in [3.63, 3.8) is 0 Å². The summed E-state index contributed by atoms with van der Waals surface area (Å²) in [5.74, 6) is 0. The van der Waals surface area contributed by atoms with Gasteiger partial charge in [0.2, 0.25) is 0 Å². The van der Waals surface area contributed by atoms with Gasteiger partial charge in [0, 0.05) is 0 Å². The Hall–Kier alpha value is -3.14. The molecule has 0 saturated carbocycles. The van der Waals surface area contributed by atoms with Crippen LogP contribution in [0.3, 0.4) is 0 Å². The zero-order chi connectivity index (χ0) is 15.1. The number of allylic oxidation sites excluding steroid dienone is 4. The Kier molecular flexibility index (Phi) is 2.69. The maximum absolute atomic E-state index is 7.73. The van der Waals surface area contributed by atoms with Crippen molar-refractivity contribution in [2.45, 2.75) is 0 Å². The molecule has 2 N–H and O–H groups in total. The summed E-state index contributed by atoms with van der Waals surface area (Å²) in [6.07, 6.45) is 5.26. The van der Waals surface area contributed by atoms with Crippen LogP contribution in [0.4, 0.5) is 11.4 Å². The molecule has 0 radical (unpaired) electrons. The van der Waals surface area contributed by atoms with Crippen molar-refractivity contribution in [1.82, 2.24) is 0 Å². The van der Waals surface area contributed by atoms with E-state index >= 15 is 0 Å². The summed E-state index contributed by atoms with van der Waals surface area (Å²) in [4.78, 5) is 0. The number of hydrogen-bond acceptors (Lipinski definition) is 4. The number of hydrogen-bond donors (Lipinski definition) is 2. The van der Waals surface area contributed by atoms with E-state index in [1.54, 1.807) is 12.2 Å². The van der Waals surface area contributed by atoms with Gasteiger partial charge in [0.25, 0.3) is 0 Å². The Balaban J connectivity index is 1.65. The predicted molar refractivity (Wildman–Crippen MR) is 88.6 cm³/mol. The van der Waals surface area contributed by atoms with Crippen molar-refractivity contribution >= 4 is 28.4 Å². The summed E-state index contributed by atoms with van der Waals surface area (Å²) in [6.45, 7) is 0. The second-order valence-corrected chi connectivity index (χ2v) is 5.24. The zero-order valence-corrected chi connectivity index (χ0v) is 11.7. The smallest absolute Gasteiger partial charge is 0.114 e. The maximum Gasteiger partial charge on any atom is 0.114 e. The van der Waals surface area contributed by atoms with Crippen LogP contribution in [0.1, 0.15) is 5.56 Å². The lowest BCUT2D eigenvalue weighted by atomic mass is 9.95. The van der Waals surface area contributed by atoms with Gasteiger partial charge in [-0.05, 0) is 46.5 Å². The van der Waals surface area contributed by atoms with Crippen molar-refractivity contribution in [3.05, 3.63) is 66.3 Å². The first-order valence-corrected chi connectivity index (χ1v) is 6.94. The van der Waals surface area contributed by atoms with Crippen molar-refractivity contribution < 1.29 is 0 Å². The zero-order valence-electron chi connectivity index (χ0n) is 11.7. The molecule has 0 fully saturated rings. The summed E-state index contributed by atoms with van der Waals surface area (Å²) >= 11 is 0. The van der Waals surface area contributed by atoms with Gasteiger partial charge in [-0.25, -0.2) is 0 Å². The molecule has 104 valence electrons. The first-order valence-electron chi connectivity index (χ1n) is 6.94. The highest BCUT2D eigenvalue weighted by Gasteiger charge is 2.11. The summed E-state index contributed by atoms with van der Waals surface area (Å²) in [6, 6.07) is 14.3. The van der Waals surface area contributed by atoms with Crippen LogP contribution in [0.2, 0.25) is 0 Å². The van der Waals surface area contributed by atoms with Crippen molar-refractivity contribution in [3.8, 4) is 11.1 Å². The minimum absolute atomic E-state index is 0.245. The maximum atomic E-state index is 7.73. The van der Waals surface area contributed by atoms with E-state index in [-0.39, 0.29) is 11.4 Å². The average molecular weight is 284 g/mol. The minimum atomic E-state index is 0.245. The molecule has 0 spiro atoms. The lowest BCUT2D eigenvalue weighted by Gasteiger charge is -2.11. The van der Waals surface area contributed by atoms with E-state index in [0.29, 0.717) is 0 Å². The standard InChI is InChI=1S/C18H12N4/c19-15-7-5-13(9-16(15)20)11-1-3-12(4-2-11)14-6-8-17-18(10-14)22-21-17/h1-10,19-20H. The van der Waals surface area contributed by atoms with Gasteiger partial charge in [-0.15, -0.1) is 10.2 Å². The Morgan fingerprint density at radius 1 is 0.636 bits per heavy atom. The van der Waals surface area contributed by atoms with Crippen molar-refractivity contribution in [2.75, 3.05) is 0 Å². The van der Waals surface area contributed by atoms with E-state index in [1.807, 2.05) is 36.4 Å². The van der Waals surface area contributed by atoms with Gasteiger partial charge in [0.15, 0.2) is 0 Å². The molecule has 2 aromatic rings. The summed E-state index contributed by atoms with van der Waals surface area (Å²) in [5, 5.41) is 23.2. The largest absolute Gasteiger partial charge is 0.299 e. The van der Waals surface area contributed by atoms with Crippen LogP contribution in [0, 0.1) is 10.8 Å². The lowest BCUT2D eigenvalue weighted by molar-refractivity contribution is 1.14. The molecule has 0 bridgehead atoms. The van der Waals surface area contributed by atoms with E-state index in [0.717, 1.165) is 33.6 Å². The van der Waals surface area contributed by atoms with Gasteiger partial charge in [0.05, 0.1) is 11.4 Å². The Morgan fingerprint density at radius 3 is 1.95 bits per heavy atom. The van der Waals surface area contributed by atoms with Crippen LogP contribution in [0.15, 0.2) is 70.9 Å². The number of fused-ring (bicyclic) bond motifs is 1. The number of nitrogens with zero attached hydrogens (tertiary/aromatic N) is 2. The number of benzene rings is 2. The fourth-order valence-electron chi connectivity index (χ4n) is 2.51. The molecule has 0 unspecified atom stereocenters. The fourth-order valence-corrected chi connectivity index (χ4v) is 2.51. The van der Waals surface area contributed by atoms with Gasteiger partial charge in [0.1, 0.15) is 11.4 Å². The third-order valence-electron chi connectivity index (χ3n) is 3.81. The predicted octanol–water partition coefficient (Wildman–Crippen LogP) is 5.08. The van der Waals surface area contributed by atoms with Gasteiger partial charge < -0.3 is 0 Å². The van der Waals surface area contributed by atoms with Gasteiger partial charge in [-0.3, -0.25) is 10.8 Å². The van der Waals surface area contributed by atoms with E-state index in [1.165, 1.54) is 0 Å². The highest BCUT2D eigenvalue weighted by Crippen LogP contribution is 2.40. The Bertz CT molecular complexity index is 899. The third-order valence-corrected chi connectivity index (χ3v) is 3.81. The first kappa shape index (κ1) is 12.6. The number of nitrogens with one attached hydrogen (secondary N) is 2. The Morgan fingerprint density at radius 2 is 1.32 bits per heavy atom. The normalized spacial score (nSPS) is 15.4. The lowest BCUT2D eigenvalue weighted by Crippen LogP contribution is -2.09. The Labute approximate surface area is 127 Å². The van der Waals surface area contributed by atoms with Gasteiger partial charge >= 0.3 is 0 Å². The van der Waals surface area contributed by atoms with Gasteiger partial charge in [-0.2, -0.15) is 0 Å². The monoisotopic (exact) mass is 284 g/mol. The van der Waals surface area contributed by atoms with Crippen LogP contribution in [0.5, 0.6) is 0 Å². The number of azo groups is 1. The molecule has 1 heterocycles. The molecule has 4 rings (SSSR count). The van der Waals surface area contributed by atoms with E-state index < -0.39 is 0 Å². The third kappa shape index (κ3) is 2.02. The van der Waals surface area contributed by atoms with E-state index in [9.17, 15) is 0 Å². The molecule has 0 atom stereocenters. The molecule has 0 saturated heterocycles. The molecule has 4 nitrogen and oxygen atoms in total. The molecule has 4 heteroatoms. The summed E-state index contributed by atoms with van der Waals surface area (Å²) < 4.78 is 0. The van der Waals surface area contributed by atoms with Crippen LogP contribution < -0.4 is 0 Å². The topological polar surface area (TPSA) is 72.4 Å². The van der Waals surface area contributed by atoms with Crippen LogP contribution in [0.25, 0.3) is 16.7 Å². The van der Waals surface area contributed by atoms with E-state index in [4.69, 9.17) is 10.8 Å². The first-order chi connectivity index (χ1) is 10.7. The molecular weight excluding hydrogens is 272 g/mol. The second kappa shape index (κ2) is 4.70. The quantitative estimate of drug-likeness (QED) is 0.616. The summed E-state index contributed by atoms with van der Waals surface area (Å²) in [5.41, 5.74) is 6.61. The molecule has 22 heavy (non-hydrogen) atoms. The average Bonchev–Trinajstić information content (AvgIpc) is 2.52. The van der Waals surface area contributed by atoms with Gasteiger partial charge in [-0.1, -0.05) is 36.4 Å². The molecule has 1 aliphatic carbocycles. The van der Waals surface area contributed by atoms with E-state index in [2.05, 4.69) is 22.4 Å². The highest BCUT2D eigenvalue weighted by atomic mass is 15.2. The van der Waals surface area contributed by atoms with Crippen LogP contribution in [-0.4, -0.2) is 11.4 Å². The number of rotatable bonds is 2. The molecule has 1 aliphatic heterocycles. The minimum Gasteiger partial charge on any atom is -0.299 e. The van der Waals surface area contributed by atoms with Crippen molar-refractivity contribution in [1.29, 1.82) is 10.8 Å². The molecule has 2 aliphatic rings. The molecule has 0 amide bonds. The second-order valence-electron chi connectivity index (χ2n) is 5.24. The van der Waals surface area contributed by atoms with Crippen molar-refractivity contribution in [2.24, 2.45) is 10.2 Å². The SMILES string of the molecule is N=C1C=CC(c2ccc(-c3ccc4c(c3)N=N4)cc2)=CC1=N. The highest BCUT2D eigenvalue weighted by molar-refractivity contribution is 6.50. The fraction of sp³-hybridized carbons (Fsp3) is 0. The van der Waals surface area contributed by atoms with Crippen LogP contribution >= 0.6 is 0 Å². The summed E-state index contributed by atoms with van der Waals surface area (Å²) in [7, 11) is 0. The molecule has 2 aromatic carbocycles. The molecular formula is C18H12N4. The van der Waals surface area contributed by atoms with Crippen LogP contribution in [-0.2, 0) is 0 Å². The molecule has 0 aromatic heterocycles.